The molecular weight excluding hydrogens is 601 g/mol. The zero-order chi connectivity index (χ0) is 32.8. The minimum Gasteiger partial charge on any atom is -0.0616 e. The first-order valence-corrected chi connectivity index (χ1v) is 17.4. The summed E-state index contributed by atoms with van der Waals surface area (Å²) in [7, 11) is 0. The Morgan fingerprint density at radius 2 is 0.460 bits per heavy atom. The third kappa shape index (κ3) is 3.94. The summed E-state index contributed by atoms with van der Waals surface area (Å²) >= 11 is 0. The fourth-order valence-corrected chi connectivity index (χ4v) is 8.73. The van der Waals surface area contributed by atoms with Gasteiger partial charge in [0.15, 0.2) is 0 Å². The van der Waals surface area contributed by atoms with Gasteiger partial charge in [-0.2, -0.15) is 0 Å². The molecule has 230 valence electrons. The Kier molecular flexibility index (Phi) is 5.76. The number of benzene rings is 9. The lowest BCUT2D eigenvalue weighted by Gasteiger charge is -2.13. The summed E-state index contributed by atoms with van der Waals surface area (Å²) in [6.45, 7) is 0. The Labute approximate surface area is 291 Å². The van der Waals surface area contributed by atoms with Gasteiger partial charge in [0.2, 0.25) is 0 Å². The Balaban J connectivity index is 0.976. The molecule has 0 amide bonds. The van der Waals surface area contributed by atoms with E-state index in [1.807, 2.05) is 0 Å². The molecule has 0 atom stereocenters. The topological polar surface area (TPSA) is 0 Å². The van der Waals surface area contributed by atoms with E-state index in [4.69, 9.17) is 0 Å². The van der Waals surface area contributed by atoms with E-state index in [0.717, 1.165) is 0 Å². The first-order chi connectivity index (χ1) is 24.8. The largest absolute Gasteiger partial charge is 0.0616 e. The molecule has 0 N–H and O–H groups in total. The van der Waals surface area contributed by atoms with Crippen LogP contribution in [0, 0.1) is 0 Å². The molecule has 0 saturated heterocycles. The first-order valence-electron chi connectivity index (χ1n) is 17.4. The lowest BCUT2D eigenvalue weighted by molar-refractivity contribution is 1.58. The van der Waals surface area contributed by atoms with Crippen molar-refractivity contribution in [3.05, 3.63) is 182 Å². The summed E-state index contributed by atoms with van der Waals surface area (Å²) in [5.74, 6) is 0. The number of hydrogen-bond acceptors (Lipinski definition) is 0. The quantitative estimate of drug-likeness (QED) is 0.181. The molecule has 0 saturated carbocycles. The third-order valence-corrected chi connectivity index (χ3v) is 11.0. The van der Waals surface area contributed by atoms with Crippen LogP contribution < -0.4 is 0 Å². The van der Waals surface area contributed by atoms with Gasteiger partial charge < -0.3 is 0 Å². The fraction of sp³-hybridized carbons (Fsp3) is 0. The van der Waals surface area contributed by atoms with Crippen molar-refractivity contribution in [1.82, 2.24) is 0 Å². The molecule has 0 radical (unpaired) electrons. The van der Waals surface area contributed by atoms with Gasteiger partial charge in [-0.1, -0.05) is 164 Å². The molecule has 9 aromatic rings. The van der Waals surface area contributed by atoms with Gasteiger partial charge in [0, 0.05) is 0 Å². The van der Waals surface area contributed by atoms with Crippen molar-refractivity contribution < 1.29 is 0 Å². The van der Waals surface area contributed by atoms with E-state index < -0.39 is 0 Å². The summed E-state index contributed by atoms with van der Waals surface area (Å²) in [4.78, 5) is 0. The van der Waals surface area contributed by atoms with Gasteiger partial charge in [0.1, 0.15) is 0 Å². The molecule has 0 fully saturated rings. The number of rotatable bonds is 4. The predicted molar refractivity (Wildman–Crippen MR) is 212 cm³/mol. The second-order valence-corrected chi connectivity index (χ2v) is 13.6. The maximum absolute atomic E-state index is 2.35. The summed E-state index contributed by atoms with van der Waals surface area (Å²) in [6.07, 6.45) is 0. The van der Waals surface area contributed by atoms with Gasteiger partial charge in [-0.15, -0.1) is 0 Å². The smallest absolute Gasteiger partial charge is 0.00201 e. The second kappa shape index (κ2) is 10.5. The zero-order valence-electron chi connectivity index (χ0n) is 27.3. The first kappa shape index (κ1) is 27.5. The van der Waals surface area contributed by atoms with Crippen LogP contribution in [0.1, 0.15) is 0 Å². The van der Waals surface area contributed by atoms with Gasteiger partial charge in [0.25, 0.3) is 0 Å². The molecule has 9 aromatic carbocycles. The summed E-state index contributed by atoms with van der Waals surface area (Å²) < 4.78 is 0. The molecule has 0 spiro atoms. The van der Waals surface area contributed by atoms with Crippen LogP contribution in [0.3, 0.4) is 0 Å². The highest BCUT2D eigenvalue weighted by Crippen LogP contribution is 2.51. The highest BCUT2D eigenvalue weighted by Gasteiger charge is 2.23. The molecule has 50 heavy (non-hydrogen) atoms. The van der Waals surface area contributed by atoms with E-state index in [2.05, 4.69) is 182 Å². The van der Waals surface area contributed by atoms with Gasteiger partial charge in [0.05, 0.1) is 0 Å². The summed E-state index contributed by atoms with van der Waals surface area (Å²) in [5.41, 5.74) is 20.6. The highest BCUT2D eigenvalue weighted by atomic mass is 14.3. The van der Waals surface area contributed by atoms with Crippen LogP contribution in [0.2, 0.25) is 0 Å². The van der Waals surface area contributed by atoms with Crippen molar-refractivity contribution >= 4 is 21.5 Å². The maximum Gasteiger partial charge on any atom is -0.00201 e. The van der Waals surface area contributed by atoms with Crippen LogP contribution in [-0.4, -0.2) is 0 Å². The van der Waals surface area contributed by atoms with Gasteiger partial charge in [-0.05, 0) is 129 Å². The van der Waals surface area contributed by atoms with E-state index in [0.29, 0.717) is 0 Å². The number of hydrogen-bond donors (Lipinski definition) is 0. The molecule has 0 heterocycles. The molecule has 2 aliphatic rings. The van der Waals surface area contributed by atoms with Crippen LogP contribution in [0.4, 0.5) is 0 Å². The second-order valence-electron chi connectivity index (χ2n) is 13.6. The molecule has 11 rings (SSSR count). The molecule has 0 aromatic heterocycles. The Bertz CT molecular complexity index is 2620. The van der Waals surface area contributed by atoms with Crippen molar-refractivity contribution in [3.63, 3.8) is 0 Å². The van der Waals surface area contributed by atoms with Gasteiger partial charge >= 0.3 is 0 Å². The molecule has 0 heteroatoms. The molecule has 0 unspecified atom stereocenters. The predicted octanol–water partition coefficient (Wildman–Crippen LogP) is 14.0. The van der Waals surface area contributed by atoms with Crippen LogP contribution in [0.5, 0.6) is 0 Å². The monoisotopic (exact) mass is 630 g/mol. The molecule has 0 nitrogen and oxygen atoms in total. The van der Waals surface area contributed by atoms with E-state index >= 15 is 0 Å². The van der Waals surface area contributed by atoms with E-state index in [-0.39, 0.29) is 0 Å². The Morgan fingerprint density at radius 1 is 0.180 bits per heavy atom. The lowest BCUT2D eigenvalue weighted by atomic mass is 9.91. The maximum atomic E-state index is 2.35. The minimum absolute atomic E-state index is 1.22. The zero-order valence-corrected chi connectivity index (χ0v) is 27.3. The average molecular weight is 631 g/mol. The molecule has 2 aliphatic carbocycles. The summed E-state index contributed by atoms with van der Waals surface area (Å²) in [6, 6.07) is 67.4. The van der Waals surface area contributed by atoms with Crippen molar-refractivity contribution in [1.29, 1.82) is 0 Å². The molecule has 0 aliphatic heterocycles. The van der Waals surface area contributed by atoms with Gasteiger partial charge in [-0.3, -0.25) is 0 Å². The third-order valence-electron chi connectivity index (χ3n) is 11.0. The normalized spacial score (nSPS) is 12.0. The Morgan fingerprint density at radius 3 is 0.860 bits per heavy atom. The van der Waals surface area contributed by atoms with Crippen molar-refractivity contribution in [3.8, 4) is 89.0 Å². The summed E-state index contributed by atoms with van der Waals surface area (Å²) in [5, 5.41) is 5.35. The van der Waals surface area contributed by atoms with Crippen molar-refractivity contribution in [2.45, 2.75) is 0 Å². The van der Waals surface area contributed by atoms with Crippen LogP contribution >= 0.6 is 0 Å². The lowest BCUT2D eigenvalue weighted by Crippen LogP contribution is -1.87. The molecule has 0 bridgehead atoms. The van der Waals surface area contributed by atoms with E-state index in [1.54, 1.807) is 0 Å². The van der Waals surface area contributed by atoms with Crippen LogP contribution in [0.25, 0.3) is 111 Å². The van der Waals surface area contributed by atoms with E-state index in [1.165, 1.54) is 111 Å². The SMILES string of the molecule is c1cc(-c2cccc(-c3ccc4c5c(cccc35)-c3ccccc3-4)c2)cc(-c2cccc(-c3ccc4c5c(cccc35)-c3ccccc3-4)c2)c1. The van der Waals surface area contributed by atoms with Crippen molar-refractivity contribution in [2.75, 3.05) is 0 Å². The van der Waals surface area contributed by atoms with Gasteiger partial charge in [-0.25, -0.2) is 0 Å². The Hall–Kier alpha value is -6.50. The van der Waals surface area contributed by atoms with Crippen LogP contribution in [-0.2, 0) is 0 Å². The standard InChI is InChI=1S/C50H30/c1-3-18-41-39(16-1)45-22-8-20-43-37(24-26-47(41)49(43)45)35-14-6-12-33(29-35)31-10-5-11-32(28-31)34-13-7-15-36(30-34)38-25-27-48-42-19-4-2-17-40(42)46-23-9-21-44(38)50(46)48/h1-30H. The highest BCUT2D eigenvalue weighted by molar-refractivity contribution is 6.20. The average Bonchev–Trinajstić information content (AvgIpc) is 3.70. The minimum atomic E-state index is 1.22. The van der Waals surface area contributed by atoms with Crippen LogP contribution in [0.15, 0.2) is 182 Å². The fourth-order valence-electron chi connectivity index (χ4n) is 8.73. The van der Waals surface area contributed by atoms with E-state index in [9.17, 15) is 0 Å². The van der Waals surface area contributed by atoms with Crippen molar-refractivity contribution in [2.24, 2.45) is 0 Å². The number of fused-ring (bicyclic) bond motifs is 6. The molecular formula is C50H30.